The monoisotopic (exact) mass is 295 g/mol. The van der Waals surface area contributed by atoms with Crippen molar-refractivity contribution in [1.29, 1.82) is 0 Å². The largest absolute Gasteiger partial charge is 0.466 e. The second kappa shape index (κ2) is 8.77. The molecule has 3 heteroatoms. The molecule has 1 heterocycles. The third kappa shape index (κ3) is 5.28. The Bertz CT molecular complexity index is 308. The van der Waals surface area contributed by atoms with E-state index in [2.05, 4.69) is 11.8 Å². The summed E-state index contributed by atoms with van der Waals surface area (Å²) in [5.41, 5.74) is 0. The Morgan fingerprint density at radius 3 is 2.48 bits per heavy atom. The van der Waals surface area contributed by atoms with Crippen molar-refractivity contribution in [3.05, 3.63) is 0 Å². The van der Waals surface area contributed by atoms with Gasteiger partial charge in [-0.2, -0.15) is 0 Å². The van der Waals surface area contributed by atoms with Crippen LogP contribution in [0, 0.1) is 11.8 Å². The van der Waals surface area contributed by atoms with Crippen LogP contribution in [0.5, 0.6) is 0 Å². The highest BCUT2D eigenvalue weighted by atomic mass is 16.5. The normalized spacial score (nSPS) is 29.6. The minimum absolute atomic E-state index is 0.00461. The van der Waals surface area contributed by atoms with Gasteiger partial charge < -0.3 is 4.74 Å². The molecule has 0 amide bonds. The highest BCUT2D eigenvalue weighted by Crippen LogP contribution is 2.34. The Labute approximate surface area is 130 Å². The molecule has 3 nitrogen and oxygen atoms in total. The summed E-state index contributed by atoms with van der Waals surface area (Å²) in [5, 5.41) is 0. The Hall–Kier alpha value is -0.570. The number of ether oxygens (including phenoxy) is 1. The average Bonchev–Trinajstić information content (AvgIpc) is 2.74. The standard InChI is InChI=1S/C18H33NO2/c1-3-21-18(20)14-17(16-10-8-9-15(2)13-16)19-11-6-4-5-7-12-19/h15-17H,3-14H2,1-2H3. The topological polar surface area (TPSA) is 29.5 Å². The summed E-state index contributed by atoms with van der Waals surface area (Å²) in [6.07, 6.45) is 11.2. The molecular weight excluding hydrogens is 262 g/mol. The number of nitrogens with zero attached hydrogens (tertiary/aromatic N) is 1. The van der Waals surface area contributed by atoms with E-state index in [1.807, 2.05) is 6.92 Å². The maximum Gasteiger partial charge on any atom is 0.307 e. The summed E-state index contributed by atoms with van der Waals surface area (Å²) in [4.78, 5) is 14.7. The number of carbonyl (C=O) groups excluding carboxylic acids is 1. The maximum atomic E-state index is 12.1. The van der Waals surface area contributed by atoms with E-state index < -0.39 is 0 Å². The van der Waals surface area contributed by atoms with Crippen molar-refractivity contribution in [2.45, 2.75) is 77.7 Å². The second-order valence-corrected chi connectivity index (χ2v) is 7.06. The molecule has 0 radical (unpaired) electrons. The predicted molar refractivity (Wildman–Crippen MR) is 86.2 cm³/mol. The van der Waals surface area contributed by atoms with Gasteiger partial charge in [0.05, 0.1) is 13.0 Å². The molecule has 0 aromatic carbocycles. The predicted octanol–water partition coefficient (Wildman–Crippen LogP) is 4.01. The molecule has 21 heavy (non-hydrogen) atoms. The number of rotatable bonds is 5. The van der Waals surface area contributed by atoms with Crippen LogP contribution in [0.1, 0.15) is 71.6 Å². The van der Waals surface area contributed by atoms with Gasteiger partial charge in [-0.3, -0.25) is 9.69 Å². The van der Waals surface area contributed by atoms with Gasteiger partial charge in [0.2, 0.25) is 0 Å². The summed E-state index contributed by atoms with van der Waals surface area (Å²) < 4.78 is 5.25. The number of carbonyl (C=O) groups is 1. The summed E-state index contributed by atoms with van der Waals surface area (Å²) in [6, 6.07) is 0.421. The van der Waals surface area contributed by atoms with E-state index in [1.54, 1.807) is 0 Å². The molecule has 2 fully saturated rings. The third-order valence-corrected chi connectivity index (χ3v) is 5.31. The van der Waals surface area contributed by atoms with Crippen molar-refractivity contribution in [3.63, 3.8) is 0 Å². The van der Waals surface area contributed by atoms with Gasteiger partial charge in [0.15, 0.2) is 0 Å². The summed E-state index contributed by atoms with van der Waals surface area (Å²) in [5.74, 6) is 1.52. The highest BCUT2D eigenvalue weighted by Gasteiger charge is 2.33. The summed E-state index contributed by atoms with van der Waals surface area (Å²) in [6.45, 7) is 7.13. The fraction of sp³-hybridized carbons (Fsp3) is 0.944. The van der Waals surface area contributed by atoms with E-state index in [-0.39, 0.29) is 5.97 Å². The third-order valence-electron chi connectivity index (χ3n) is 5.31. The van der Waals surface area contributed by atoms with Crippen molar-refractivity contribution in [1.82, 2.24) is 4.90 Å². The van der Waals surface area contributed by atoms with E-state index in [0.717, 1.165) is 5.92 Å². The lowest BCUT2D eigenvalue weighted by atomic mass is 9.77. The van der Waals surface area contributed by atoms with Gasteiger partial charge in [-0.05, 0) is 57.5 Å². The lowest BCUT2D eigenvalue weighted by Crippen LogP contribution is -2.44. The maximum absolute atomic E-state index is 12.1. The molecular formula is C18H33NO2. The van der Waals surface area contributed by atoms with Gasteiger partial charge in [0.1, 0.15) is 0 Å². The van der Waals surface area contributed by atoms with Crippen LogP contribution in [-0.2, 0) is 9.53 Å². The van der Waals surface area contributed by atoms with Gasteiger partial charge in [-0.1, -0.05) is 32.6 Å². The van der Waals surface area contributed by atoms with E-state index >= 15 is 0 Å². The number of esters is 1. The molecule has 0 spiro atoms. The lowest BCUT2D eigenvalue weighted by Gasteiger charge is -2.39. The first-order valence-corrected chi connectivity index (χ1v) is 9.10. The first kappa shape index (κ1) is 16.8. The van der Waals surface area contributed by atoms with Crippen LogP contribution in [0.3, 0.4) is 0 Å². The van der Waals surface area contributed by atoms with Gasteiger partial charge in [0, 0.05) is 6.04 Å². The van der Waals surface area contributed by atoms with E-state index in [1.165, 1.54) is 64.5 Å². The molecule has 2 aliphatic rings. The van der Waals surface area contributed by atoms with Crippen molar-refractivity contribution < 1.29 is 9.53 Å². The summed E-state index contributed by atoms with van der Waals surface area (Å²) in [7, 11) is 0. The van der Waals surface area contributed by atoms with Gasteiger partial charge in [-0.15, -0.1) is 0 Å². The molecule has 0 bridgehead atoms. The molecule has 0 aromatic rings. The molecule has 1 aliphatic carbocycles. The molecule has 1 saturated heterocycles. The Kier molecular flexibility index (Phi) is 7.01. The Balaban J connectivity index is 2.02. The molecule has 1 saturated carbocycles. The average molecular weight is 295 g/mol. The molecule has 0 N–H and O–H groups in total. The van der Waals surface area contributed by atoms with Crippen LogP contribution < -0.4 is 0 Å². The molecule has 3 atom stereocenters. The zero-order valence-electron chi connectivity index (χ0n) is 14.0. The fourth-order valence-electron chi connectivity index (χ4n) is 4.24. The lowest BCUT2D eigenvalue weighted by molar-refractivity contribution is -0.145. The minimum atomic E-state index is 0.00461. The molecule has 3 unspecified atom stereocenters. The zero-order chi connectivity index (χ0) is 15.1. The smallest absolute Gasteiger partial charge is 0.307 e. The Morgan fingerprint density at radius 2 is 1.86 bits per heavy atom. The van der Waals surface area contributed by atoms with Crippen LogP contribution in [0.25, 0.3) is 0 Å². The molecule has 1 aliphatic heterocycles. The van der Waals surface area contributed by atoms with Crippen molar-refractivity contribution in [2.75, 3.05) is 19.7 Å². The van der Waals surface area contributed by atoms with E-state index in [4.69, 9.17) is 4.74 Å². The number of hydrogen-bond donors (Lipinski definition) is 0. The van der Waals surface area contributed by atoms with Gasteiger partial charge in [-0.25, -0.2) is 0 Å². The van der Waals surface area contributed by atoms with Crippen LogP contribution in [0.15, 0.2) is 0 Å². The van der Waals surface area contributed by atoms with Crippen molar-refractivity contribution >= 4 is 5.97 Å². The molecule has 122 valence electrons. The van der Waals surface area contributed by atoms with Crippen LogP contribution in [0.4, 0.5) is 0 Å². The summed E-state index contributed by atoms with van der Waals surface area (Å²) >= 11 is 0. The van der Waals surface area contributed by atoms with E-state index in [9.17, 15) is 4.79 Å². The van der Waals surface area contributed by atoms with Gasteiger partial charge >= 0.3 is 5.97 Å². The van der Waals surface area contributed by atoms with Crippen LogP contribution in [0.2, 0.25) is 0 Å². The van der Waals surface area contributed by atoms with Crippen LogP contribution in [-0.4, -0.2) is 36.6 Å². The highest BCUT2D eigenvalue weighted by molar-refractivity contribution is 5.70. The van der Waals surface area contributed by atoms with Crippen molar-refractivity contribution in [3.8, 4) is 0 Å². The number of hydrogen-bond acceptors (Lipinski definition) is 3. The Morgan fingerprint density at radius 1 is 1.14 bits per heavy atom. The van der Waals surface area contributed by atoms with Gasteiger partial charge in [0.25, 0.3) is 0 Å². The first-order chi connectivity index (χ1) is 10.2. The fourth-order valence-corrected chi connectivity index (χ4v) is 4.24. The van der Waals surface area contributed by atoms with Crippen LogP contribution >= 0.6 is 0 Å². The minimum Gasteiger partial charge on any atom is -0.466 e. The van der Waals surface area contributed by atoms with E-state index in [0.29, 0.717) is 25.0 Å². The quantitative estimate of drug-likeness (QED) is 0.718. The second-order valence-electron chi connectivity index (χ2n) is 7.06. The first-order valence-electron chi connectivity index (χ1n) is 9.10. The van der Waals surface area contributed by atoms with Crippen molar-refractivity contribution in [2.24, 2.45) is 11.8 Å². The molecule has 0 aromatic heterocycles. The SMILES string of the molecule is CCOC(=O)CC(C1CCCC(C)C1)N1CCCCCC1. The number of likely N-dealkylation sites (tertiary alicyclic amines) is 1. The molecule has 2 rings (SSSR count). The zero-order valence-corrected chi connectivity index (χ0v) is 14.0.